The first kappa shape index (κ1) is 13.4. The Hall–Kier alpha value is -1.56. The van der Waals surface area contributed by atoms with Crippen molar-refractivity contribution in [3.05, 3.63) is 51.7 Å². The third-order valence-corrected chi connectivity index (χ3v) is 4.88. The minimum Gasteiger partial charge on any atom is -0.382 e. The minimum atomic E-state index is 0.563. The van der Waals surface area contributed by atoms with Crippen molar-refractivity contribution in [2.75, 3.05) is 11.1 Å². The number of nitrogens with two attached hydrogens (primary N) is 1. The Bertz CT molecular complexity index is 706. The quantitative estimate of drug-likeness (QED) is 0.731. The van der Waals surface area contributed by atoms with Crippen LogP contribution in [0.3, 0.4) is 0 Å². The summed E-state index contributed by atoms with van der Waals surface area (Å²) >= 11 is 8.89. The third-order valence-electron chi connectivity index (χ3n) is 2.83. The number of thiophene rings is 1. The normalized spacial score (nSPS) is 10.7. The highest BCUT2D eigenvalue weighted by Crippen LogP contribution is 2.37. The van der Waals surface area contributed by atoms with E-state index in [9.17, 15) is 0 Å². The topological polar surface area (TPSA) is 50.9 Å². The Balaban J connectivity index is 1.84. The number of nitrogens with zero attached hydrogens (tertiary/aromatic N) is 1. The lowest BCUT2D eigenvalue weighted by Crippen LogP contribution is -1.97. The van der Waals surface area contributed by atoms with Crippen molar-refractivity contribution >= 4 is 45.3 Å². The molecule has 3 aromatic rings. The zero-order chi connectivity index (χ0) is 13.9. The number of benzene rings is 1. The van der Waals surface area contributed by atoms with Crippen LogP contribution in [-0.4, -0.2) is 4.37 Å². The Kier molecular flexibility index (Phi) is 3.91. The highest BCUT2D eigenvalue weighted by atomic mass is 35.5. The van der Waals surface area contributed by atoms with Crippen LogP contribution in [0.1, 0.15) is 4.88 Å². The van der Waals surface area contributed by atoms with Crippen LogP contribution in [0.4, 0.5) is 10.8 Å². The van der Waals surface area contributed by atoms with Gasteiger partial charge in [0.05, 0.1) is 16.4 Å². The molecule has 0 spiro atoms. The molecule has 3 N–H and O–H groups in total. The van der Waals surface area contributed by atoms with Crippen LogP contribution in [0.25, 0.3) is 11.1 Å². The summed E-state index contributed by atoms with van der Waals surface area (Å²) in [6.45, 7) is 0.721. The SMILES string of the molecule is Nc1nsc(NCc2ccc(Cl)s2)c1-c1ccccc1. The summed E-state index contributed by atoms with van der Waals surface area (Å²) in [5.41, 5.74) is 8.03. The average Bonchev–Trinajstić information content (AvgIpc) is 3.03. The molecule has 0 aliphatic rings. The molecule has 6 heteroatoms. The molecule has 0 aliphatic carbocycles. The number of aromatic nitrogens is 1. The average molecular weight is 322 g/mol. The standard InChI is InChI=1S/C14H12ClN3S2/c15-11-7-6-10(19-11)8-17-14-12(13(16)18-20-14)9-4-2-1-3-5-9/h1-7,17H,8H2,(H2,16,18). The summed E-state index contributed by atoms with van der Waals surface area (Å²) in [7, 11) is 0. The third kappa shape index (κ3) is 2.80. The maximum atomic E-state index is 5.99. The van der Waals surface area contributed by atoms with Gasteiger partial charge >= 0.3 is 0 Å². The minimum absolute atomic E-state index is 0.563. The maximum absolute atomic E-state index is 5.99. The van der Waals surface area contributed by atoms with Gasteiger partial charge in [0.2, 0.25) is 0 Å². The van der Waals surface area contributed by atoms with Crippen LogP contribution in [0.2, 0.25) is 4.34 Å². The van der Waals surface area contributed by atoms with Gasteiger partial charge in [-0.25, -0.2) is 0 Å². The molecule has 20 heavy (non-hydrogen) atoms. The van der Waals surface area contributed by atoms with Gasteiger partial charge in [-0.05, 0) is 29.2 Å². The predicted octanol–water partition coefficient (Wildman–Crippen LogP) is 4.72. The molecule has 0 radical (unpaired) electrons. The molecule has 0 saturated heterocycles. The summed E-state index contributed by atoms with van der Waals surface area (Å²) in [4.78, 5) is 1.18. The number of nitrogens with one attached hydrogen (secondary N) is 1. The molecule has 1 aromatic carbocycles. The monoisotopic (exact) mass is 321 g/mol. The highest BCUT2D eigenvalue weighted by molar-refractivity contribution is 7.16. The van der Waals surface area contributed by atoms with Crippen LogP contribution < -0.4 is 11.1 Å². The van der Waals surface area contributed by atoms with Gasteiger partial charge in [0, 0.05) is 4.88 Å². The van der Waals surface area contributed by atoms with Crippen LogP contribution in [0.15, 0.2) is 42.5 Å². The number of nitrogen functional groups attached to an aromatic ring is 1. The fourth-order valence-electron chi connectivity index (χ4n) is 1.92. The maximum Gasteiger partial charge on any atom is 0.147 e. The van der Waals surface area contributed by atoms with Gasteiger partial charge in [0.1, 0.15) is 10.8 Å². The Morgan fingerprint density at radius 1 is 1.15 bits per heavy atom. The van der Waals surface area contributed by atoms with E-state index in [2.05, 4.69) is 9.69 Å². The van der Waals surface area contributed by atoms with E-state index in [1.165, 1.54) is 16.4 Å². The molecule has 0 bridgehead atoms. The second kappa shape index (κ2) is 5.83. The molecule has 0 amide bonds. The van der Waals surface area contributed by atoms with Gasteiger partial charge < -0.3 is 11.1 Å². The van der Waals surface area contributed by atoms with Crippen molar-refractivity contribution in [1.29, 1.82) is 0 Å². The second-order valence-electron chi connectivity index (χ2n) is 4.20. The van der Waals surface area contributed by atoms with Gasteiger partial charge in [-0.2, -0.15) is 4.37 Å². The molecule has 0 atom stereocenters. The van der Waals surface area contributed by atoms with Gasteiger partial charge in [-0.15, -0.1) is 11.3 Å². The molecule has 2 aromatic heterocycles. The Labute approximate surface area is 130 Å². The molecule has 2 heterocycles. The van der Waals surface area contributed by atoms with E-state index < -0.39 is 0 Å². The molecule has 0 aliphatic heterocycles. The summed E-state index contributed by atoms with van der Waals surface area (Å²) in [5.74, 6) is 0.563. The summed E-state index contributed by atoms with van der Waals surface area (Å²) in [6.07, 6.45) is 0. The molecular formula is C14H12ClN3S2. The van der Waals surface area contributed by atoms with Gasteiger partial charge in [-0.3, -0.25) is 0 Å². The van der Waals surface area contributed by atoms with Crippen LogP contribution in [0.5, 0.6) is 0 Å². The first-order valence-corrected chi connectivity index (χ1v) is 7.99. The Morgan fingerprint density at radius 3 is 2.65 bits per heavy atom. The lowest BCUT2D eigenvalue weighted by molar-refractivity contribution is 1.21. The van der Waals surface area contributed by atoms with E-state index in [0.717, 1.165) is 27.0 Å². The lowest BCUT2D eigenvalue weighted by Gasteiger charge is -2.06. The van der Waals surface area contributed by atoms with Crippen LogP contribution in [-0.2, 0) is 6.54 Å². The van der Waals surface area contributed by atoms with E-state index in [0.29, 0.717) is 5.82 Å². The number of rotatable bonds is 4. The number of hydrogen-bond acceptors (Lipinski definition) is 5. The van der Waals surface area contributed by atoms with Crippen LogP contribution in [0, 0.1) is 0 Å². The van der Waals surface area contributed by atoms with Crippen molar-refractivity contribution in [3.63, 3.8) is 0 Å². The lowest BCUT2D eigenvalue weighted by atomic mass is 10.1. The molecule has 0 unspecified atom stereocenters. The summed E-state index contributed by atoms with van der Waals surface area (Å²) < 4.78 is 5.04. The summed E-state index contributed by atoms with van der Waals surface area (Å²) in [5, 5.41) is 4.37. The highest BCUT2D eigenvalue weighted by Gasteiger charge is 2.13. The predicted molar refractivity (Wildman–Crippen MR) is 88.6 cm³/mol. The molecule has 3 nitrogen and oxygen atoms in total. The van der Waals surface area contributed by atoms with Crippen LogP contribution >= 0.6 is 34.5 Å². The Morgan fingerprint density at radius 2 is 1.95 bits per heavy atom. The van der Waals surface area contributed by atoms with Crippen molar-refractivity contribution in [2.45, 2.75) is 6.54 Å². The van der Waals surface area contributed by atoms with Gasteiger partial charge in [-0.1, -0.05) is 41.9 Å². The molecule has 102 valence electrons. The number of hydrogen-bond donors (Lipinski definition) is 2. The van der Waals surface area contributed by atoms with Gasteiger partial charge in [0.25, 0.3) is 0 Å². The smallest absolute Gasteiger partial charge is 0.147 e. The van der Waals surface area contributed by atoms with Crippen molar-refractivity contribution in [3.8, 4) is 11.1 Å². The second-order valence-corrected chi connectivity index (χ2v) is 6.77. The van der Waals surface area contributed by atoms with E-state index in [1.54, 1.807) is 11.3 Å². The number of anilines is 2. The summed E-state index contributed by atoms with van der Waals surface area (Å²) in [6, 6.07) is 14.0. The van der Waals surface area contributed by atoms with E-state index in [-0.39, 0.29) is 0 Å². The zero-order valence-corrected chi connectivity index (χ0v) is 12.9. The fourth-order valence-corrected chi connectivity index (χ4v) is 3.68. The van der Waals surface area contributed by atoms with E-state index in [1.807, 2.05) is 42.5 Å². The fraction of sp³-hybridized carbons (Fsp3) is 0.0714. The zero-order valence-electron chi connectivity index (χ0n) is 10.5. The molecule has 3 rings (SSSR count). The first-order valence-electron chi connectivity index (χ1n) is 6.02. The molecule has 0 fully saturated rings. The van der Waals surface area contributed by atoms with E-state index in [4.69, 9.17) is 17.3 Å². The molecular weight excluding hydrogens is 310 g/mol. The van der Waals surface area contributed by atoms with Crippen molar-refractivity contribution in [2.24, 2.45) is 0 Å². The van der Waals surface area contributed by atoms with Crippen molar-refractivity contribution in [1.82, 2.24) is 4.37 Å². The van der Waals surface area contributed by atoms with Crippen molar-refractivity contribution < 1.29 is 0 Å². The first-order chi connectivity index (χ1) is 9.74. The largest absolute Gasteiger partial charge is 0.382 e. The molecule has 0 saturated carbocycles. The van der Waals surface area contributed by atoms with Gasteiger partial charge in [0.15, 0.2) is 0 Å². The van der Waals surface area contributed by atoms with E-state index >= 15 is 0 Å². The number of halogens is 1.